The van der Waals surface area contributed by atoms with Crippen LogP contribution in [0.1, 0.15) is 0 Å². The van der Waals surface area contributed by atoms with Crippen LogP contribution in [-0.4, -0.2) is 73.0 Å². The van der Waals surface area contributed by atoms with Crippen molar-refractivity contribution in [2.24, 2.45) is 0 Å². The number of methoxy groups -OCH3 is 1. The quantitative estimate of drug-likeness (QED) is 0.163. The molecular formula is C24H30ClN5O5. The second kappa shape index (κ2) is 11.0. The third kappa shape index (κ3) is 4.83. The lowest BCUT2D eigenvalue weighted by Gasteiger charge is -2.18. The highest BCUT2D eigenvalue weighted by Crippen LogP contribution is 2.28. The van der Waals surface area contributed by atoms with E-state index in [1.165, 1.54) is 16.1 Å². The predicted molar refractivity (Wildman–Crippen MR) is 141 cm³/mol. The zero-order valence-corrected chi connectivity index (χ0v) is 20.8. The number of anilines is 1. The summed E-state index contributed by atoms with van der Waals surface area (Å²) < 4.78 is 8.01. The SMILES string of the molecule is COc1ccc2c(c1)c(=O)c1c(NCCNCCO)ccc3c(=O)n(CCN(C)C)c(=O)n2c31.Cl. The predicted octanol–water partition coefficient (Wildman–Crippen LogP) is 0.551. The average Bonchev–Trinajstić information content (AvgIpc) is 2.83. The zero-order valence-electron chi connectivity index (χ0n) is 20.0. The number of nitrogens with zero attached hydrogens (tertiary/aromatic N) is 3. The second-order valence-corrected chi connectivity index (χ2v) is 8.37. The molecule has 0 atom stereocenters. The van der Waals surface area contributed by atoms with Crippen molar-refractivity contribution in [1.82, 2.24) is 19.2 Å². The fourth-order valence-corrected chi connectivity index (χ4v) is 4.19. The van der Waals surface area contributed by atoms with Gasteiger partial charge in [0.25, 0.3) is 5.56 Å². The van der Waals surface area contributed by atoms with Crippen LogP contribution in [0.15, 0.2) is 44.7 Å². The summed E-state index contributed by atoms with van der Waals surface area (Å²) in [6, 6.07) is 8.36. The Kier molecular flexibility index (Phi) is 8.34. The highest BCUT2D eigenvalue weighted by Gasteiger charge is 2.21. The van der Waals surface area contributed by atoms with Crippen LogP contribution in [0.3, 0.4) is 0 Å². The molecule has 188 valence electrons. The summed E-state index contributed by atoms with van der Waals surface area (Å²) in [4.78, 5) is 42.5. The van der Waals surface area contributed by atoms with Gasteiger partial charge in [0.05, 0.1) is 40.9 Å². The second-order valence-electron chi connectivity index (χ2n) is 8.37. The molecule has 0 saturated heterocycles. The lowest BCUT2D eigenvalue weighted by molar-refractivity contribution is 0.293. The number of aliphatic hydroxyl groups is 1. The maximum Gasteiger partial charge on any atom is 0.336 e. The molecule has 2 aromatic heterocycles. The van der Waals surface area contributed by atoms with Crippen LogP contribution in [0.25, 0.3) is 27.2 Å². The number of hydrogen-bond acceptors (Lipinski definition) is 8. The first-order valence-corrected chi connectivity index (χ1v) is 11.1. The van der Waals surface area contributed by atoms with Gasteiger partial charge in [-0.2, -0.15) is 0 Å². The van der Waals surface area contributed by atoms with E-state index in [4.69, 9.17) is 9.84 Å². The lowest BCUT2D eigenvalue weighted by Crippen LogP contribution is -2.40. The number of pyridine rings is 1. The van der Waals surface area contributed by atoms with Crippen molar-refractivity contribution in [2.45, 2.75) is 6.54 Å². The number of ether oxygens (including phenoxy) is 1. The molecule has 35 heavy (non-hydrogen) atoms. The minimum absolute atomic E-state index is 0. The Morgan fingerprint density at radius 2 is 1.80 bits per heavy atom. The number of benzene rings is 2. The molecule has 0 spiro atoms. The van der Waals surface area contributed by atoms with Gasteiger partial charge in [-0.1, -0.05) is 0 Å². The first kappa shape index (κ1) is 26.4. The van der Waals surface area contributed by atoms with E-state index in [9.17, 15) is 14.4 Å². The fraction of sp³-hybridized carbons (Fsp3) is 0.375. The summed E-state index contributed by atoms with van der Waals surface area (Å²) in [7, 11) is 5.26. The molecule has 0 aliphatic carbocycles. The normalized spacial score (nSPS) is 11.5. The van der Waals surface area contributed by atoms with Crippen molar-refractivity contribution in [3.8, 4) is 5.75 Å². The summed E-state index contributed by atoms with van der Waals surface area (Å²) in [5.41, 5.74) is 0.0906. The molecule has 4 aromatic rings. The Balaban J connectivity index is 0.00000342. The van der Waals surface area contributed by atoms with E-state index in [0.717, 1.165) is 0 Å². The Morgan fingerprint density at radius 3 is 2.49 bits per heavy atom. The van der Waals surface area contributed by atoms with E-state index in [1.54, 1.807) is 30.3 Å². The van der Waals surface area contributed by atoms with Gasteiger partial charge in [-0.25, -0.2) is 4.79 Å². The Morgan fingerprint density at radius 1 is 1.03 bits per heavy atom. The van der Waals surface area contributed by atoms with Crippen molar-refractivity contribution in [3.63, 3.8) is 0 Å². The first-order chi connectivity index (χ1) is 16.4. The van der Waals surface area contributed by atoms with Crippen molar-refractivity contribution in [1.29, 1.82) is 0 Å². The number of fused-ring (bicyclic) bond motifs is 2. The number of nitrogens with one attached hydrogen (secondary N) is 2. The number of aliphatic hydroxyl groups excluding tert-OH is 1. The van der Waals surface area contributed by atoms with Crippen LogP contribution in [0.5, 0.6) is 5.75 Å². The van der Waals surface area contributed by atoms with Crippen molar-refractivity contribution in [3.05, 3.63) is 61.4 Å². The number of rotatable bonds is 10. The van der Waals surface area contributed by atoms with Gasteiger partial charge in [0, 0.05) is 38.4 Å². The number of halogens is 1. The third-order valence-electron chi connectivity index (χ3n) is 5.89. The first-order valence-electron chi connectivity index (χ1n) is 11.1. The van der Waals surface area contributed by atoms with Crippen LogP contribution >= 0.6 is 12.4 Å². The minimum Gasteiger partial charge on any atom is -0.497 e. The van der Waals surface area contributed by atoms with Gasteiger partial charge in [0.1, 0.15) is 5.75 Å². The Hall–Kier alpha value is -3.18. The summed E-state index contributed by atoms with van der Waals surface area (Å²) in [5.74, 6) is 0.499. The van der Waals surface area contributed by atoms with E-state index in [2.05, 4.69) is 10.6 Å². The molecule has 2 aromatic carbocycles. The molecule has 11 heteroatoms. The summed E-state index contributed by atoms with van der Waals surface area (Å²) >= 11 is 0. The van der Waals surface area contributed by atoms with E-state index < -0.39 is 11.2 Å². The van der Waals surface area contributed by atoms with Gasteiger partial charge < -0.3 is 25.4 Å². The highest BCUT2D eigenvalue weighted by molar-refractivity contribution is 6.07. The Bertz CT molecular complexity index is 1520. The average molecular weight is 504 g/mol. The van der Waals surface area contributed by atoms with E-state index >= 15 is 0 Å². The molecule has 0 aliphatic rings. The number of aromatic nitrogens is 2. The van der Waals surface area contributed by atoms with Gasteiger partial charge in [0.15, 0.2) is 5.43 Å². The van der Waals surface area contributed by atoms with Gasteiger partial charge in [-0.3, -0.25) is 18.6 Å². The lowest BCUT2D eigenvalue weighted by atomic mass is 10.0. The molecule has 0 amide bonds. The summed E-state index contributed by atoms with van der Waals surface area (Å²) in [5, 5.41) is 16.2. The Labute approximate surface area is 207 Å². The molecule has 2 heterocycles. The van der Waals surface area contributed by atoms with E-state index in [1.807, 2.05) is 19.0 Å². The molecule has 10 nitrogen and oxygen atoms in total. The van der Waals surface area contributed by atoms with E-state index in [-0.39, 0.29) is 36.4 Å². The summed E-state index contributed by atoms with van der Waals surface area (Å²) in [6.45, 7) is 2.29. The largest absolute Gasteiger partial charge is 0.497 e. The van der Waals surface area contributed by atoms with Crippen LogP contribution in [0.2, 0.25) is 0 Å². The molecule has 0 unspecified atom stereocenters. The minimum atomic E-state index is -0.485. The van der Waals surface area contributed by atoms with Crippen LogP contribution in [0, 0.1) is 0 Å². The molecule has 0 aliphatic heterocycles. The maximum absolute atomic E-state index is 13.7. The molecular weight excluding hydrogens is 474 g/mol. The monoisotopic (exact) mass is 503 g/mol. The number of hydrogen-bond donors (Lipinski definition) is 3. The van der Waals surface area contributed by atoms with Crippen molar-refractivity contribution in [2.75, 3.05) is 59.3 Å². The molecule has 4 rings (SSSR count). The fourth-order valence-electron chi connectivity index (χ4n) is 4.19. The topological polar surface area (TPSA) is 117 Å². The van der Waals surface area contributed by atoms with Crippen molar-refractivity contribution < 1.29 is 9.84 Å². The number of likely N-dealkylation sites (N-methyl/N-ethyl adjacent to an activating group) is 1. The molecule has 0 saturated carbocycles. The zero-order chi connectivity index (χ0) is 24.4. The standard InChI is InChI=1S/C24H29N5O5.ClH/c1-27(2)11-12-28-23(32)16-5-6-18(26-9-8-25-10-13-30)20-21(16)29(24(28)33)19-7-4-15(34-3)14-17(19)22(20)31;/h4-7,14,25-26,30H,8-13H2,1-3H3;1H. The molecule has 0 radical (unpaired) electrons. The summed E-state index contributed by atoms with van der Waals surface area (Å²) in [6.07, 6.45) is 0. The van der Waals surface area contributed by atoms with E-state index in [0.29, 0.717) is 59.4 Å². The molecule has 0 fully saturated rings. The third-order valence-corrected chi connectivity index (χ3v) is 5.89. The maximum atomic E-state index is 13.7. The van der Waals surface area contributed by atoms with Crippen molar-refractivity contribution >= 4 is 45.3 Å². The van der Waals surface area contributed by atoms with Crippen LogP contribution < -0.4 is 32.0 Å². The molecule has 0 bridgehead atoms. The molecule has 3 N–H and O–H groups in total. The smallest absolute Gasteiger partial charge is 0.336 e. The van der Waals surface area contributed by atoms with Gasteiger partial charge in [-0.05, 0) is 44.4 Å². The van der Waals surface area contributed by atoms with Gasteiger partial charge in [0.2, 0.25) is 0 Å². The highest BCUT2D eigenvalue weighted by atomic mass is 35.5. The van der Waals surface area contributed by atoms with Crippen LogP contribution in [0.4, 0.5) is 5.69 Å². The van der Waals surface area contributed by atoms with Crippen LogP contribution in [-0.2, 0) is 6.54 Å². The van der Waals surface area contributed by atoms with Gasteiger partial charge >= 0.3 is 5.69 Å². The van der Waals surface area contributed by atoms with Gasteiger partial charge in [-0.15, -0.1) is 12.4 Å².